The molecular weight excluding hydrogens is 436 g/mol. The lowest BCUT2D eigenvalue weighted by molar-refractivity contribution is 0.326. The second kappa shape index (κ2) is 8.51. The van der Waals surface area contributed by atoms with Gasteiger partial charge in [0.05, 0.1) is 24.5 Å². The highest BCUT2D eigenvalue weighted by molar-refractivity contribution is 7.90. The first-order valence-electron chi connectivity index (χ1n) is 11.0. The van der Waals surface area contributed by atoms with Crippen molar-refractivity contribution in [2.75, 3.05) is 7.11 Å². The van der Waals surface area contributed by atoms with Crippen LogP contribution in [0.4, 0.5) is 0 Å². The lowest BCUT2D eigenvalue weighted by Crippen LogP contribution is -2.12. The van der Waals surface area contributed by atoms with Crippen molar-refractivity contribution in [2.24, 2.45) is 7.05 Å². The van der Waals surface area contributed by atoms with E-state index in [1.807, 2.05) is 25.7 Å². The van der Waals surface area contributed by atoms with E-state index in [9.17, 15) is 8.42 Å². The summed E-state index contributed by atoms with van der Waals surface area (Å²) < 4.78 is 35.1. The molecule has 0 radical (unpaired) electrons. The van der Waals surface area contributed by atoms with Crippen LogP contribution in [0.25, 0.3) is 22.2 Å². The van der Waals surface area contributed by atoms with Gasteiger partial charge in [0.15, 0.2) is 5.65 Å². The number of aryl methyl sites for hydroxylation is 1. The number of allylic oxidation sites excluding steroid dienone is 1. The number of rotatable bonds is 5. The molecule has 0 bridgehead atoms. The van der Waals surface area contributed by atoms with Gasteiger partial charge in [-0.2, -0.15) is 5.10 Å². The topological polar surface area (TPSA) is 79.0 Å². The van der Waals surface area contributed by atoms with Crippen molar-refractivity contribution >= 4 is 21.1 Å². The van der Waals surface area contributed by atoms with Gasteiger partial charge in [-0.3, -0.25) is 4.68 Å². The highest BCUT2D eigenvalue weighted by Gasteiger charge is 2.25. The Balaban J connectivity index is 1.63. The van der Waals surface area contributed by atoms with Crippen LogP contribution in [-0.2, 0) is 21.8 Å². The van der Waals surface area contributed by atoms with Crippen LogP contribution in [0.15, 0.2) is 77.9 Å². The van der Waals surface area contributed by atoms with Crippen molar-refractivity contribution in [2.45, 2.75) is 36.5 Å². The Bertz CT molecular complexity index is 1430. The van der Waals surface area contributed by atoms with Crippen molar-refractivity contribution in [1.82, 2.24) is 18.7 Å². The molecule has 170 valence electrons. The zero-order chi connectivity index (χ0) is 23.0. The number of hydrogen-bond donors (Lipinski definition) is 0. The molecule has 0 aliphatic heterocycles. The minimum absolute atomic E-state index is 0.232. The molecule has 1 fully saturated rings. The third kappa shape index (κ3) is 3.95. The first-order valence-corrected chi connectivity index (χ1v) is 12.4. The second-order valence-corrected chi connectivity index (χ2v) is 10.3. The Hall–Kier alpha value is -3.39. The van der Waals surface area contributed by atoms with Crippen molar-refractivity contribution in [3.63, 3.8) is 0 Å². The van der Waals surface area contributed by atoms with Crippen LogP contribution < -0.4 is 0 Å². The smallest absolute Gasteiger partial charge is 0.269 e. The molecule has 1 aromatic carbocycles. The summed E-state index contributed by atoms with van der Waals surface area (Å²) in [6.45, 7) is 0. The summed E-state index contributed by atoms with van der Waals surface area (Å²) >= 11 is 0. The van der Waals surface area contributed by atoms with E-state index in [-0.39, 0.29) is 4.90 Å². The highest BCUT2D eigenvalue weighted by atomic mass is 32.2. The molecule has 5 rings (SSSR count). The predicted octanol–water partition coefficient (Wildman–Crippen LogP) is 4.86. The van der Waals surface area contributed by atoms with E-state index < -0.39 is 10.0 Å². The number of pyridine rings is 1. The quantitative estimate of drug-likeness (QED) is 0.396. The molecule has 0 N–H and O–H groups in total. The first-order chi connectivity index (χ1) is 16.0. The Kier molecular flexibility index (Phi) is 5.54. The molecular formula is C25H26N4O3S. The Labute approximate surface area is 193 Å². The van der Waals surface area contributed by atoms with E-state index in [4.69, 9.17) is 4.74 Å². The van der Waals surface area contributed by atoms with Gasteiger partial charge in [-0.15, -0.1) is 0 Å². The number of benzene rings is 1. The normalized spacial score (nSPS) is 16.8. The number of fused-ring (bicyclic) bond motifs is 1. The van der Waals surface area contributed by atoms with Gasteiger partial charge in [0.2, 0.25) is 0 Å². The largest absolute Gasteiger partial charge is 0.504 e. The summed E-state index contributed by atoms with van der Waals surface area (Å²) in [5.74, 6) is 0.381. The number of aromatic nitrogens is 4. The third-order valence-corrected chi connectivity index (χ3v) is 8.00. The molecule has 4 aromatic rings. The van der Waals surface area contributed by atoms with Crippen LogP contribution >= 0.6 is 0 Å². The molecule has 0 unspecified atom stereocenters. The zero-order valence-corrected chi connectivity index (χ0v) is 19.5. The van der Waals surface area contributed by atoms with E-state index in [1.165, 1.54) is 9.55 Å². The molecule has 1 saturated carbocycles. The minimum atomic E-state index is -3.79. The molecule has 7 nitrogen and oxygen atoms in total. The molecule has 33 heavy (non-hydrogen) atoms. The lowest BCUT2D eigenvalue weighted by Gasteiger charge is -2.24. The Morgan fingerprint density at radius 2 is 1.85 bits per heavy atom. The average molecular weight is 463 g/mol. The summed E-state index contributed by atoms with van der Waals surface area (Å²) in [7, 11) is -0.259. The van der Waals surface area contributed by atoms with Crippen LogP contribution in [0.2, 0.25) is 0 Å². The monoisotopic (exact) mass is 462 g/mol. The molecule has 1 aliphatic carbocycles. The van der Waals surface area contributed by atoms with Crippen LogP contribution in [0.3, 0.4) is 0 Å². The fourth-order valence-corrected chi connectivity index (χ4v) is 5.95. The van der Waals surface area contributed by atoms with Crippen molar-refractivity contribution in [3.05, 3.63) is 78.6 Å². The van der Waals surface area contributed by atoms with Gasteiger partial charge in [-0.1, -0.05) is 18.2 Å². The third-order valence-electron chi connectivity index (χ3n) is 6.33. The maximum atomic E-state index is 13.5. The lowest BCUT2D eigenvalue weighted by atomic mass is 9.82. The van der Waals surface area contributed by atoms with Crippen molar-refractivity contribution in [3.8, 4) is 11.1 Å². The minimum Gasteiger partial charge on any atom is -0.504 e. The number of methoxy groups -OCH3 is 1. The molecule has 0 atom stereocenters. The average Bonchev–Trinajstić information content (AvgIpc) is 3.44. The molecule has 0 spiro atoms. The van der Waals surface area contributed by atoms with Crippen LogP contribution in [-0.4, -0.2) is 34.3 Å². The summed E-state index contributed by atoms with van der Waals surface area (Å²) in [6, 6.07) is 10.6. The fraction of sp³-hybridized carbons (Fsp3) is 0.280. The van der Waals surface area contributed by atoms with Crippen LogP contribution in [0, 0.1) is 0 Å². The summed E-state index contributed by atoms with van der Waals surface area (Å²) in [5, 5.41) is 5.10. The number of hydrogen-bond acceptors (Lipinski definition) is 5. The maximum Gasteiger partial charge on any atom is 0.269 e. The van der Waals surface area contributed by atoms with Gasteiger partial charge in [-0.25, -0.2) is 17.4 Å². The highest BCUT2D eigenvalue weighted by Crippen LogP contribution is 2.38. The zero-order valence-electron chi connectivity index (χ0n) is 18.7. The summed E-state index contributed by atoms with van der Waals surface area (Å²) in [4.78, 5) is 4.91. The van der Waals surface area contributed by atoms with Gasteiger partial charge in [0, 0.05) is 42.2 Å². The van der Waals surface area contributed by atoms with E-state index >= 15 is 0 Å². The van der Waals surface area contributed by atoms with Gasteiger partial charge in [0.25, 0.3) is 10.0 Å². The SMILES string of the molecule is COC=C1CCC(c2cnc3c(c2)c(-c2cnn(C)c2)cn3S(=O)(=O)c2ccccc2)CC1. The maximum absolute atomic E-state index is 13.5. The molecule has 1 aliphatic rings. The van der Waals surface area contributed by atoms with E-state index in [2.05, 4.69) is 16.1 Å². The van der Waals surface area contributed by atoms with Gasteiger partial charge >= 0.3 is 0 Å². The Morgan fingerprint density at radius 1 is 1.09 bits per heavy atom. The van der Waals surface area contributed by atoms with Gasteiger partial charge < -0.3 is 4.74 Å². The van der Waals surface area contributed by atoms with Crippen molar-refractivity contribution in [1.29, 1.82) is 0 Å². The molecule has 3 heterocycles. The second-order valence-electron chi connectivity index (χ2n) is 8.49. The molecule has 0 amide bonds. The standard InChI is InChI=1S/C25H26N4O3S/c1-28-15-21(14-27-28)24-16-29(33(30,31)22-6-4-3-5-7-22)25-23(24)12-20(13-26-25)19-10-8-18(9-11-19)17-32-2/h3-7,12-17,19H,8-11H2,1-2H3. The summed E-state index contributed by atoms with van der Waals surface area (Å²) in [5.41, 5.74) is 4.57. The molecule has 3 aromatic heterocycles. The molecule has 0 saturated heterocycles. The fourth-order valence-electron chi connectivity index (χ4n) is 4.60. The van der Waals surface area contributed by atoms with Gasteiger partial charge in [0.1, 0.15) is 0 Å². The van der Waals surface area contributed by atoms with Crippen LogP contribution in [0.5, 0.6) is 0 Å². The molecule has 8 heteroatoms. The summed E-state index contributed by atoms with van der Waals surface area (Å²) in [6.07, 6.45) is 13.0. The van der Waals surface area contributed by atoms with E-state index in [0.29, 0.717) is 11.6 Å². The van der Waals surface area contributed by atoms with E-state index in [1.54, 1.807) is 54.5 Å². The first kappa shape index (κ1) is 21.5. The van der Waals surface area contributed by atoms with Crippen LogP contribution in [0.1, 0.15) is 37.2 Å². The van der Waals surface area contributed by atoms with Gasteiger partial charge in [-0.05, 0) is 60.9 Å². The number of ether oxygens (including phenoxy) is 1. The predicted molar refractivity (Wildman–Crippen MR) is 127 cm³/mol. The van der Waals surface area contributed by atoms with Crippen molar-refractivity contribution < 1.29 is 13.2 Å². The Morgan fingerprint density at radius 3 is 2.52 bits per heavy atom. The number of nitrogens with zero attached hydrogens (tertiary/aromatic N) is 4. The van der Waals surface area contributed by atoms with E-state index in [0.717, 1.165) is 47.8 Å².